The predicted octanol–water partition coefficient (Wildman–Crippen LogP) is 2.68. The Morgan fingerprint density at radius 2 is 2.00 bits per heavy atom. The lowest BCUT2D eigenvalue weighted by molar-refractivity contribution is 0.0601. The first-order valence-corrected chi connectivity index (χ1v) is 6.48. The summed E-state index contributed by atoms with van der Waals surface area (Å²) in [6.07, 6.45) is 0. The van der Waals surface area contributed by atoms with Crippen LogP contribution in [0, 0.1) is 0 Å². The summed E-state index contributed by atoms with van der Waals surface area (Å²) in [5.74, 6) is 0.407. The molecule has 0 atom stereocenters. The number of methoxy groups -OCH3 is 2. The molecule has 0 radical (unpaired) electrons. The van der Waals surface area contributed by atoms with Gasteiger partial charge in [-0.1, -0.05) is 12.1 Å². The molecule has 0 aliphatic rings. The number of hydrogen-bond donors (Lipinski definition) is 2. The number of carbonyl (C=O) groups is 1. The van der Waals surface area contributed by atoms with Crippen LogP contribution in [0.1, 0.15) is 15.9 Å². The van der Waals surface area contributed by atoms with E-state index in [2.05, 4.69) is 10.1 Å². The average molecular weight is 286 g/mol. The van der Waals surface area contributed by atoms with Crippen LogP contribution < -0.4 is 15.8 Å². The number of nitrogen functional groups attached to an aromatic ring is 1. The van der Waals surface area contributed by atoms with Gasteiger partial charge < -0.3 is 20.5 Å². The smallest absolute Gasteiger partial charge is 0.337 e. The normalized spacial score (nSPS) is 10.0. The highest BCUT2D eigenvalue weighted by atomic mass is 16.5. The lowest BCUT2D eigenvalue weighted by Crippen LogP contribution is -2.06. The molecule has 0 saturated carbocycles. The molecule has 21 heavy (non-hydrogen) atoms. The fourth-order valence-electron chi connectivity index (χ4n) is 1.95. The number of rotatable bonds is 5. The van der Waals surface area contributed by atoms with Gasteiger partial charge in [0.1, 0.15) is 5.75 Å². The molecule has 0 fully saturated rings. The highest BCUT2D eigenvalue weighted by molar-refractivity contribution is 5.91. The monoisotopic (exact) mass is 286 g/mol. The van der Waals surface area contributed by atoms with Crippen molar-refractivity contribution < 1.29 is 14.3 Å². The summed E-state index contributed by atoms with van der Waals surface area (Å²) in [5, 5.41) is 3.23. The Labute approximate surface area is 123 Å². The standard InChI is InChI=1S/C16H18N2O3/c1-20-13-5-3-4-11(8-13)10-18-15-7-6-12(9-14(15)17)16(19)21-2/h3-9,18H,10,17H2,1-2H3. The Balaban J connectivity index is 2.07. The summed E-state index contributed by atoms with van der Waals surface area (Å²) >= 11 is 0. The summed E-state index contributed by atoms with van der Waals surface area (Å²) < 4.78 is 9.84. The third-order valence-electron chi connectivity index (χ3n) is 3.09. The fraction of sp³-hybridized carbons (Fsp3) is 0.188. The minimum absolute atomic E-state index is 0.402. The zero-order valence-electron chi connectivity index (χ0n) is 12.1. The summed E-state index contributed by atoms with van der Waals surface area (Å²) in [6, 6.07) is 12.8. The van der Waals surface area contributed by atoms with E-state index >= 15 is 0 Å². The molecule has 5 nitrogen and oxygen atoms in total. The van der Waals surface area contributed by atoms with Crippen LogP contribution in [0.5, 0.6) is 5.75 Å². The van der Waals surface area contributed by atoms with Crippen molar-refractivity contribution in [3.05, 3.63) is 53.6 Å². The molecule has 5 heteroatoms. The first-order valence-electron chi connectivity index (χ1n) is 6.48. The Morgan fingerprint density at radius 1 is 1.19 bits per heavy atom. The van der Waals surface area contributed by atoms with E-state index in [9.17, 15) is 4.79 Å². The fourth-order valence-corrected chi connectivity index (χ4v) is 1.95. The zero-order valence-corrected chi connectivity index (χ0v) is 12.1. The molecule has 0 unspecified atom stereocenters. The molecular formula is C16H18N2O3. The van der Waals surface area contributed by atoms with E-state index in [4.69, 9.17) is 10.5 Å². The van der Waals surface area contributed by atoms with Crippen molar-refractivity contribution in [2.24, 2.45) is 0 Å². The molecule has 0 saturated heterocycles. The Bertz CT molecular complexity index is 641. The molecule has 0 aliphatic carbocycles. The van der Waals surface area contributed by atoms with E-state index in [1.165, 1.54) is 7.11 Å². The maximum absolute atomic E-state index is 11.4. The van der Waals surface area contributed by atoms with Crippen molar-refractivity contribution in [3.8, 4) is 5.75 Å². The maximum Gasteiger partial charge on any atom is 0.337 e. The minimum atomic E-state index is -0.402. The number of anilines is 2. The van der Waals surface area contributed by atoms with Gasteiger partial charge in [0, 0.05) is 6.54 Å². The number of nitrogens with one attached hydrogen (secondary N) is 1. The second-order valence-electron chi connectivity index (χ2n) is 4.50. The number of carbonyl (C=O) groups excluding carboxylic acids is 1. The van der Waals surface area contributed by atoms with Gasteiger partial charge in [-0.2, -0.15) is 0 Å². The number of hydrogen-bond acceptors (Lipinski definition) is 5. The van der Waals surface area contributed by atoms with E-state index in [1.807, 2.05) is 24.3 Å². The molecule has 2 rings (SSSR count). The lowest BCUT2D eigenvalue weighted by atomic mass is 10.1. The number of nitrogens with two attached hydrogens (primary N) is 1. The molecule has 3 N–H and O–H groups in total. The maximum atomic E-state index is 11.4. The Hall–Kier alpha value is -2.69. The van der Waals surface area contributed by atoms with Gasteiger partial charge in [-0.15, -0.1) is 0 Å². The average Bonchev–Trinajstić information content (AvgIpc) is 2.53. The van der Waals surface area contributed by atoms with Crippen LogP contribution in [-0.2, 0) is 11.3 Å². The highest BCUT2D eigenvalue weighted by Gasteiger charge is 2.08. The molecule has 0 aliphatic heterocycles. The van der Waals surface area contributed by atoms with Crippen LogP contribution in [0.3, 0.4) is 0 Å². The molecule has 0 bridgehead atoms. The van der Waals surface area contributed by atoms with Crippen molar-refractivity contribution >= 4 is 17.3 Å². The second kappa shape index (κ2) is 6.65. The van der Waals surface area contributed by atoms with Gasteiger partial charge in [-0.3, -0.25) is 0 Å². The number of ether oxygens (including phenoxy) is 2. The van der Waals surface area contributed by atoms with Gasteiger partial charge in [0.2, 0.25) is 0 Å². The van der Waals surface area contributed by atoms with Crippen LogP contribution >= 0.6 is 0 Å². The molecule has 0 spiro atoms. The quantitative estimate of drug-likeness (QED) is 0.653. The number of benzene rings is 2. The Morgan fingerprint density at radius 3 is 2.67 bits per heavy atom. The van der Waals surface area contributed by atoms with Gasteiger partial charge >= 0.3 is 5.97 Å². The van der Waals surface area contributed by atoms with Crippen molar-refractivity contribution in [1.29, 1.82) is 0 Å². The largest absolute Gasteiger partial charge is 0.497 e. The molecule has 110 valence electrons. The van der Waals surface area contributed by atoms with E-state index in [0.29, 0.717) is 17.8 Å². The van der Waals surface area contributed by atoms with Crippen LogP contribution in [-0.4, -0.2) is 20.2 Å². The van der Waals surface area contributed by atoms with E-state index in [1.54, 1.807) is 25.3 Å². The van der Waals surface area contributed by atoms with Crippen molar-refractivity contribution in [2.75, 3.05) is 25.3 Å². The highest BCUT2D eigenvalue weighted by Crippen LogP contribution is 2.22. The third kappa shape index (κ3) is 3.66. The number of esters is 1. The second-order valence-corrected chi connectivity index (χ2v) is 4.50. The van der Waals surface area contributed by atoms with Crippen molar-refractivity contribution in [2.45, 2.75) is 6.54 Å². The molecule has 2 aromatic carbocycles. The molecular weight excluding hydrogens is 268 g/mol. The summed E-state index contributed by atoms with van der Waals surface area (Å²) in [6.45, 7) is 0.610. The van der Waals surface area contributed by atoms with E-state index in [0.717, 1.165) is 17.0 Å². The SMILES string of the molecule is COC(=O)c1ccc(NCc2cccc(OC)c2)c(N)c1. The molecule has 0 heterocycles. The van der Waals surface area contributed by atoms with E-state index < -0.39 is 5.97 Å². The van der Waals surface area contributed by atoms with Gasteiger partial charge in [0.25, 0.3) is 0 Å². The van der Waals surface area contributed by atoms with E-state index in [-0.39, 0.29) is 0 Å². The molecule has 0 aromatic heterocycles. The van der Waals surface area contributed by atoms with Gasteiger partial charge in [-0.05, 0) is 35.9 Å². The van der Waals surface area contributed by atoms with Crippen molar-refractivity contribution in [1.82, 2.24) is 0 Å². The first kappa shape index (κ1) is 14.7. The summed E-state index contributed by atoms with van der Waals surface area (Å²) in [4.78, 5) is 11.4. The van der Waals surface area contributed by atoms with Crippen LogP contribution in [0.2, 0.25) is 0 Å². The zero-order chi connectivity index (χ0) is 15.2. The van der Waals surface area contributed by atoms with Gasteiger partial charge in [0.15, 0.2) is 0 Å². The first-order chi connectivity index (χ1) is 10.1. The van der Waals surface area contributed by atoms with Crippen LogP contribution in [0.15, 0.2) is 42.5 Å². The predicted molar refractivity (Wildman–Crippen MR) is 82.5 cm³/mol. The van der Waals surface area contributed by atoms with Gasteiger partial charge in [0.05, 0.1) is 31.2 Å². The summed E-state index contributed by atoms with van der Waals surface area (Å²) in [7, 11) is 2.98. The van der Waals surface area contributed by atoms with Crippen LogP contribution in [0.25, 0.3) is 0 Å². The minimum Gasteiger partial charge on any atom is -0.497 e. The lowest BCUT2D eigenvalue weighted by Gasteiger charge is -2.11. The molecule has 0 amide bonds. The Kier molecular flexibility index (Phi) is 4.66. The summed E-state index contributed by atoms with van der Waals surface area (Å²) in [5.41, 5.74) is 8.72. The van der Waals surface area contributed by atoms with Crippen molar-refractivity contribution in [3.63, 3.8) is 0 Å². The third-order valence-corrected chi connectivity index (χ3v) is 3.09. The topological polar surface area (TPSA) is 73.6 Å². The molecule has 2 aromatic rings. The van der Waals surface area contributed by atoms with Crippen LogP contribution in [0.4, 0.5) is 11.4 Å². The van der Waals surface area contributed by atoms with Gasteiger partial charge in [-0.25, -0.2) is 4.79 Å².